The van der Waals surface area contributed by atoms with E-state index >= 15 is 0 Å². The lowest BCUT2D eigenvalue weighted by atomic mass is 10.1. The van der Waals surface area contributed by atoms with Crippen molar-refractivity contribution in [2.75, 3.05) is 20.2 Å². The number of amides is 1. The summed E-state index contributed by atoms with van der Waals surface area (Å²) >= 11 is 0. The summed E-state index contributed by atoms with van der Waals surface area (Å²) in [5.41, 5.74) is 1.42. The highest BCUT2D eigenvalue weighted by atomic mass is 32.2. The van der Waals surface area contributed by atoms with Gasteiger partial charge in [-0.15, -0.1) is 0 Å². The second-order valence-corrected chi connectivity index (χ2v) is 8.61. The molecule has 3 rings (SSSR count). The fraction of sp³-hybridized carbons (Fsp3) is 0.381. The zero-order valence-corrected chi connectivity index (χ0v) is 16.9. The Kier molecular flexibility index (Phi) is 6.70. The Bertz CT molecular complexity index is 902. The predicted octanol–water partition coefficient (Wildman–Crippen LogP) is 3.19. The van der Waals surface area contributed by atoms with Crippen molar-refractivity contribution in [2.24, 2.45) is 0 Å². The highest BCUT2D eigenvalue weighted by Crippen LogP contribution is 2.22. The van der Waals surface area contributed by atoms with Crippen LogP contribution in [0.4, 0.5) is 0 Å². The van der Waals surface area contributed by atoms with E-state index in [2.05, 4.69) is 4.72 Å². The topological polar surface area (TPSA) is 75.7 Å². The molecule has 2 aromatic rings. The third-order valence-electron chi connectivity index (χ3n) is 4.92. The molecule has 28 heavy (non-hydrogen) atoms. The Hall–Kier alpha value is -2.38. The van der Waals surface area contributed by atoms with E-state index in [1.807, 2.05) is 4.90 Å². The number of nitrogens with one attached hydrogen (secondary N) is 1. The summed E-state index contributed by atoms with van der Waals surface area (Å²) in [5.74, 6) is 0.344. The summed E-state index contributed by atoms with van der Waals surface area (Å²) < 4.78 is 32.8. The fourth-order valence-electron chi connectivity index (χ4n) is 3.32. The maximum Gasteiger partial charge on any atom is 0.253 e. The molecule has 0 spiro atoms. The van der Waals surface area contributed by atoms with E-state index in [0.29, 0.717) is 11.3 Å². The van der Waals surface area contributed by atoms with E-state index < -0.39 is 10.0 Å². The summed E-state index contributed by atoms with van der Waals surface area (Å²) in [4.78, 5) is 14.6. The van der Waals surface area contributed by atoms with Crippen LogP contribution in [0.1, 0.15) is 41.6 Å². The van der Waals surface area contributed by atoms with Crippen molar-refractivity contribution in [2.45, 2.75) is 37.1 Å². The molecule has 1 heterocycles. The molecular formula is C21H26N2O4S. The van der Waals surface area contributed by atoms with Crippen molar-refractivity contribution in [3.8, 4) is 5.75 Å². The number of carbonyl (C=O) groups excluding carboxylic acids is 1. The lowest BCUT2D eigenvalue weighted by Crippen LogP contribution is -2.31. The third-order valence-corrected chi connectivity index (χ3v) is 6.36. The monoisotopic (exact) mass is 402 g/mol. The van der Waals surface area contributed by atoms with Gasteiger partial charge in [-0.1, -0.05) is 37.1 Å². The standard InChI is InChI=1S/C21H26N2O4S/c1-27-19-8-4-5-9-20(19)28(25,26)22-16-17-10-12-18(13-11-17)21(24)23-14-6-2-3-7-15-23/h4-5,8-13,22H,2-3,6-7,14-16H2,1H3. The van der Waals surface area contributed by atoms with E-state index in [9.17, 15) is 13.2 Å². The molecule has 1 amide bonds. The van der Waals surface area contributed by atoms with Gasteiger partial charge in [-0.2, -0.15) is 0 Å². The molecule has 1 saturated heterocycles. The highest BCUT2D eigenvalue weighted by molar-refractivity contribution is 7.89. The van der Waals surface area contributed by atoms with Crippen LogP contribution >= 0.6 is 0 Å². The van der Waals surface area contributed by atoms with Gasteiger partial charge in [-0.05, 0) is 42.7 Å². The summed E-state index contributed by atoms with van der Waals surface area (Å²) in [6.45, 7) is 1.75. The SMILES string of the molecule is COc1ccccc1S(=O)(=O)NCc1ccc(C(=O)N2CCCCCC2)cc1. The van der Waals surface area contributed by atoms with Crippen LogP contribution in [0.15, 0.2) is 53.4 Å². The van der Waals surface area contributed by atoms with Gasteiger partial charge in [0, 0.05) is 25.2 Å². The highest BCUT2D eigenvalue weighted by Gasteiger charge is 2.19. The van der Waals surface area contributed by atoms with Crippen LogP contribution in [0, 0.1) is 0 Å². The minimum Gasteiger partial charge on any atom is -0.495 e. The van der Waals surface area contributed by atoms with Gasteiger partial charge in [0.2, 0.25) is 10.0 Å². The number of rotatable bonds is 6. The Balaban J connectivity index is 1.65. The Labute approximate surface area is 166 Å². The molecule has 1 aliphatic heterocycles. The molecular weight excluding hydrogens is 376 g/mol. The lowest BCUT2D eigenvalue weighted by Gasteiger charge is -2.20. The van der Waals surface area contributed by atoms with Crippen molar-refractivity contribution in [1.82, 2.24) is 9.62 Å². The normalized spacial score (nSPS) is 15.1. The van der Waals surface area contributed by atoms with E-state index in [4.69, 9.17) is 4.74 Å². The Morgan fingerprint density at radius 3 is 2.29 bits per heavy atom. The summed E-state index contributed by atoms with van der Waals surface area (Å²) in [5, 5.41) is 0. The minimum atomic E-state index is -3.70. The first-order chi connectivity index (χ1) is 13.5. The number of ether oxygens (including phenoxy) is 1. The smallest absolute Gasteiger partial charge is 0.253 e. The molecule has 0 saturated carbocycles. The van der Waals surface area contributed by atoms with Gasteiger partial charge >= 0.3 is 0 Å². The van der Waals surface area contributed by atoms with Crippen molar-refractivity contribution >= 4 is 15.9 Å². The number of nitrogens with zero attached hydrogens (tertiary/aromatic N) is 1. The lowest BCUT2D eigenvalue weighted by molar-refractivity contribution is 0.0761. The van der Waals surface area contributed by atoms with Crippen LogP contribution in [0.3, 0.4) is 0 Å². The first-order valence-corrected chi connectivity index (χ1v) is 11.0. The maximum absolute atomic E-state index is 12.6. The van der Waals surface area contributed by atoms with Crippen molar-refractivity contribution in [1.29, 1.82) is 0 Å². The number of para-hydroxylation sites is 1. The summed E-state index contributed by atoms with van der Waals surface area (Å²) in [6.07, 6.45) is 4.45. The van der Waals surface area contributed by atoms with Crippen LogP contribution < -0.4 is 9.46 Å². The first kappa shape index (κ1) is 20.4. The summed E-state index contributed by atoms with van der Waals surface area (Å²) in [7, 11) is -2.26. The van der Waals surface area contributed by atoms with E-state index in [0.717, 1.165) is 31.5 Å². The van der Waals surface area contributed by atoms with Crippen molar-refractivity contribution in [3.63, 3.8) is 0 Å². The van der Waals surface area contributed by atoms with Crippen LogP contribution in [0.5, 0.6) is 5.75 Å². The van der Waals surface area contributed by atoms with Gasteiger partial charge in [0.25, 0.3) is 5.91 Å². The molecule has 7 heteroatoms. The fourth-order valence-corrected chi connectivity index (χ4v) is 4.50. The molecule has 0 unspecified atom stereocenters. The number of likely N-dealkylation sites (tertiary alicyclic amines) is 1. The minimum absolute atomic E-state index is 0.0445. The van der Waals surface area contributed by atoms with Crippen LogP contribution in [0.2, 0.25) is 0 Å². The van der Waals surface area contributed by atoms with E-state index in [1.165, 1.54) is 26.0 Å². The van der Waals surface area contributed by atoms with Gasteiger partial charge in [0.15, 0.2) is 0 Å². The number of carbonyl (C=O) groups is 1. The average Bonchev–Trinajstić information content (AvgIpc) is 3.02. The van der Waals surface area contributed by atoms with E-state index in [-0.39, 0.29) is 17.3 Å². The second kappa shape index (κ2) is 9.21. The van der Waals surface area contributed by atoms with Gasteiger partial charge in [-0.3, -0.25) is 4.79 Å². The molecule has 0 atom stereocenters. The molecule has 2 aromatic carbocycles. The van der Waals surface area contributed by atoms with Crippen LogP contribution in [0.25, 0.3) is 0 Å². The van der Waals surface area contributed by atoms with Crippen molar-refractivity contribution in [3.05, 3.63) is 59.7 Å². The number of methoxy groups -OCH3 is 1. The molecule has 150 valence electrons. The summed E-state index contributed by atoms with van der Waals surface area (Å²) in [6, 6.07) is 13.6. The molecule has 0 aromatic heterocycles. The molecule has 6 nitrogen and oxygen atoms in total. The number of benzene rings is 2. The zero-order valence-electron chi connectivity index (χ0n) is 16.1. The molecule has 1 aliphatic rings. The largest absolute Gasteiger partial charge is 0.495 e. The Morgan fingerprint density at radius 1 is 1.00 bits per heavy atom. The maximum atomic E-state index is 12.6. The van der Waals surface area contributed by atoms with E-state index in [1.54, 1.807) is 42.5 Å². The van der Waals surface area contributed by atoms with Gasteiger partial charge < -0.3 is 9.64 Å². The number of hydrogen-bond acceptors (Lipinski definition) is 4. The predicted molar refractivity (Wildman–Crippen MR) is 108 cm³/mol. The first-order valence-electron chi connectivity index (χ1n) is 9.52. The van der Waals surface area contributed by atoms with Gasteiger partial charge in [0.1, 0.15) is 10.6 Å². The molecule has 1 fully saturated rings. The molecule has 0 bridgehead atoms. The van der Waals surface area contributed by atoms with Gasteiger partial charge in [0.05, 0.1) is 7.11 Å². The van der Waals surface area contributed by atoms with Crippen molar-refractivity contribution < 1.29 is 17.9 Å². The molecule has 1 N–H and O–H groups in total. The van der Waals surface area contributed by atoms with Crippen LogP contribution in [-0.2, 0) is 16.6 Å². The molecule has 0 aliphatic carbocycles. The average molecular weight is 403 g/mol. The van der Waals surface area contributed by atoms with Crippen LogP contribution in [-0.4, -0.2) is 39.4 Å². The quantitative estimate of drug-likeness (QED) is 0.805. The second-order valence-electron chi connectivity index (χ2n) is 6.88. The number of sulfonamides is 1. The number of hydrogen-bond donors (Lipinski definition) is 1. The van der Waals surface area contributed by atoms with Gasteiger partial charge in [-0.25, -0.2) is 13.1 Å². The zero-order chi connectivity index (χ0) is 20.0. The molecule has 0 radical (unpaired) electrons. The third kappa shape index (κ3) is 4.91. The Morgan fingerprint density at radius 2 is 1.64 bits per heavy atom.